The number of carbonyl (C=O) groups is 1. The van der Waals surface area contributed by atoms with Crippen LogP contribution < -0.4 is 15.4 Å². The second kappa shape index (κ2) is 7.03. The maximum atomic E-state index is 12.2. The van der Waals surface area contributed by atoms with Crippen LogP contribution >= 0.6 is 15.9 Å². The zero-order valence-electron chi connectivity index (χ0n) is 11.7. The molecule has 6 nitrogen and oxygen atoms in total. The summed E-state index contributed by atoms with van der Waals surface area (Å²) >= 11 is 3.36. The summed E-state index contributed by atoms with van der Waals surface area (Å²) in [4.78, 5) is 20.4. The second-order valence-corrected chi connectivity index (χ2v) is 5.03. The highest BCUT2D eigenvalue weighted by Crippen LogP contribution is 2.28. The molecule has 21 heavy (non-hydrogen) atoms. The van der Waals surface area contributed by atoms with Gasteiger partial charge in [0.15, 0.2) is 0 Å². The molecule has 1 aromatic heterocycles. The number of carbonyl (C=O) groups excluding carboxylic acids is 1. The van der Waals surface area contributed by atoms with Crippen LogP contribution in [0, 0.1) is 0 Å². The van der Waals surface area contributed by atoms with Gasteiger partial charge in [-0.15, -0.1) is 0 Å². The van der Waals surface area contributed by atoms with Crippen molar-refractivity contribution in [3.8, 4) is 5.75 Å². The average molecular weight is 351 g/mol. The van der Waals surface area contributed by atoms with E-state index in [2.05, 4.69) is 36.5 Å². The first kappa shape index (κ1) is 15.2. The minimum absolute atomic E-state index is 0.235. The number of nitrogens with zero attached hydrogens (tertiary/aromatic N) is 2. The van der Waals surface area contributed by atoms with Crippen LogP contribution in [0.25, 0.3) is 0 Å². The van der Waals surface area contributed by atoms with Crippen molar-refractivity contribution in [3.63, 3.8) is 0 Å². The highest BCUT2D eigenvalue weighted by Gasteiger charge is 2.12. The highest BCUT2D eigenvalue weighted by molar-refractivity contribution is 9.10. The number of benzene rings is 1. The summed E-state index contributed by atoms with van der Waals surface area (Å²) in [7, 11) is 1.55. The van der Waals surface area contributed by atoms with Crippen LogP contribution in [-0.4, -0.2) is 29.5 Å². The lowest BCUT2D eigenvalue weighted by Crippen LogP contribution is -2.15. The maximum Gasteiger partial charge on any atom is 0.275 e. The van der Waals surface area contributed by atoms with E-state index >= 15 is 0 Å². The molecule has 7 heteroatoms. The Morgan fingerprint density at radius 3 is 2.76 bits per heavy atom. The van der Waals surface area contributed by atoms with Crippen molar-refractivity contribution in [1.29, 1.82) is 0 Å². The van der Waals surface area contributed by atoms with Gasteiger partial charge in [0.2, 0.25) is 0 Å². The molecule has 0 radical (unpaired) electrons. The maximum absolute atomic E-state index is 12.2. The van der Waals surface area contributed by atoms with Crippen LogP contribution in [0.4, 0.5) is 11.5 Å². The molecule has 1 amide bonds. The van der Waals surface area contributed by atoms with Crippen molar-refractivity contribution in [2.75, 3.05) is 24.3 Å². The number of hydrogen-bond donors (Lipinski definition) is 2. The van der Waals surface area contributed by atoms with Gasteiger partial charge in [-0.05, 0) is 25.1 Å². The van der Waals surface area contributed by atoms with E-state index < -0.39 is 0 Å². The van der Waals surface area contributed by atoms with Crippen molar-refractivity contribution >= 4 is 33.3 Å². The number of rotatable bonds is 5. The first-order chi connectivity index (χ1) is 10.1. The minimum Gasteiger partial charge on any atom is -0.495 e. The fourth-order valence-electron chi connectivity index (χ4n) is 1.68. The third-order valence-corrected chi connectivity index (χ3v) is 3.15. The van der Waals surface area contributed by atoms with E-state index in [1.807, 2.05) is 13.0 Å². The predicted octanol–water partition coefficient (Wildman–Crippen LogP) is 2.93. The van der Waals surface area contributed by atoms with E-state index in [0.29, 0.717) is 17.3 Å². The molecule has 0 saturated heterocycles. The number of aromatic nitrogens is 2. The lowest BCUT2D eigenvalue weighted by Gasteiger charge is -2.10. The largest absolute Gasteiger partial charge is 0.495 e. The van der Waals surface area contributed by atoms with Gasteiger partial charge in [0.25, 0.3) is 5.91 Å². The Balaban J connectivity index is 2.15. The topological polar surface area (TPSA) is 76.1 Å². The summed E-state index contributed by atoms with van der Waals surface area (Å²) in [6.07, 6.45) is 2.95. The third kappa shape index (κ3) is 3.91. The molecule has 0 aliphatic heterocycles. The zero-order chi connectivity index (χ0) is 15.2. The second-order valence-electron chi connectivity index (χ2n) is 4.12. The Morgan fingerprint density at radius 1 is 1.33 bits per heavy atom. The van der Waals surface area contributed by atoms with Gasteiger partial charge in [0.1, 0.15) is 17.3 Å². The molecule has 0 bridgehead atoms. The Morgan fingerprint density at radius 2 is 2.14 bits per heavy atom. The molecule has 2 N–H and O–H groups in total. The number of methoxy groups -OCH3 is 1. The molecule has 0 spiro atoms. The van der Waals surface area contributed by atoms with Gasteiger partial charge in [-0.3, -0.25) is 4.79 Å². The predicted molar refractivity (Wildman–Crippen MR) is 84.8 cm³/mol. The number of amides is 1. The van der Waals surface area contributed by atoms with E-state index in [1.165, 1.54) is 12.4 Å². The monoisotopic (exact) mass is 350 g/mol. The minimum atomic E-state index is -0.345. The molecule has 1 aromatic carbocycles. The van der Waals surface area contributed by atoms with Crippen LogP contribution in [0.3, 0.4) is 0 Å². The normalized spacial score (nSPS) is 10.0. The highest BCUT2D eigenvalue weighted by atomic mass is 79.9. The van der Waals surface area contributed by atoms with E-state index in [-0.39, 0.29) is 11.6 Å². The molecule has 0 atom stereocenters. The van der Waals surface area contributed by atoms with Crippen molar-refractivity contribution in [2.45, 2.75) is 6.92 Å². The van der Waals surface area contributed by atoms with Crippen LogP contribution in [0.2, 0.25) is 0 Å². The van der Waals surface area contributed by atoms with Crippen LogP contribution in [0.15, 0.2) is 35.1 Å². The fraction of sp³-hybridized carbons (Fsp3) is 0.214. The summed E-state index contributed by atoms with van der Waals surface area (Å²) in [6.45, 7) is 2.71. The Kier molecular flexibility index (Phi) is 5.10. The number of hydrogen-bond acceptors (Lipinski definition) is 5. The Labute approximate surface area is 131 Å². The standard InChI is InChI=1S/C14H15BrN4O2/c1-3-16-13-8-17-11(7-18-13)14(20)19-10-6-9(15)4-5-12(10)21-2/h4-8H,3H2,1-2H3,(H,16,18)(H,19,20). The van der Waals surface area contributed by atoms with E-state index in [0.717, 1.165) is 11.0 Å². The summed E-state index contributed by atoms with van der Waals surface area (Å²) in [6, 6.07) is 5.36. The van der Waals surface area contributed by atoms with E-state index in [4.69, 9.17) is 4.74 Å². The molecule has 2 aromatic rings. The first-order valence-corrected chi connectivity index (χ1v) is 7.14. The molecule has 0 saturated carbocycles. The van der Waals surface area contributed by atoms with Crippen LogP contribution in [-0.2, 0) is 0 Å². The van der Waals surface area contributed by atoms with Gasteiger partial charge < -0.3 is 15.4 Å². The Bertz CT molecular complexity index is 631. The Hall–Kier alpha value is -2.15. The van der Waals surface area contributed by atoms with Gasteiger partial charge in [-0.2, -0.15) is 0 Å². The van der Waals surface area contributed by atoms with E-state index in [1.54, 1.807) is 19.2 Å². The molecule has 1 heterocycles. The average Bonchev–Trinajstić information content (AvgIpc) is 2.48. The van der Waals surface area contributed by atoms with Gasteiger partial charge in [-0.25, -0.2) is 9.97 Å². The van der Waals surface area contributed by atoms with E-state index in [9.17, 15) is 4.79 Å². The van der Waals surface area contributed by atoms with Gasteiger partial charge in [0, 0.05) is 11.0 Å². The summed E-state index contributed by atoms with van der Waals surface area (Å²) in [5.74, 6) is 0.861. The molecule has 110 valence electrons. The molecule has 2 rings (SSSR count). The van der Waals surface area contributed by atoms with Crippen molar-refractivity contribution in [1.82, 2.24) is 9.97 Å². The lowest BCUT2D eigenvalue weighted by atomic mass is 10.3. The van der Waals surface area contributed by atoms with Crippen molar-refractivity contribution < 1.29 is 9.53 Å². The van der Waals surface area contributed by atoms with Crippen molar-refractivity contribution in [3.05, 3.63) is 40.8 Å². The third-order valence-electron chi connectivity index (χ3n) is 2.65. The first-order valence-electron chi connectivity index (χ1n) is 6.35. The number of halogens is 1. The summed E-state index contributed by atoms with van der Waals surface area (Å²) in [5, 5.41) is 5.77. The molecular formula is C14H15BrN4O2. The molecule has 0 unspecified atom stereocenters. The number of anilines is 2. The molecule has 0 fully saturated rings. The molecular weight excluding hydrogens is 336 g/mol. The summed E-state index contributed by atoms with van der Waals surface area (Å²) < 4.78 is 6.05. The van der Waals surface area contributed by atoms with Gasteiger partial charge in [0.05, 0.1) is 25.2 Å². The zero-order valence-corrected chi connectivity index (χ0v) is 13.3. The van der Waals surface area contributed by atoms with Crippen molar-refractivity contribution in [2.24, 2.45) is 0 Å². The molecule has 0 aliphatic carbocycles. The van der Waals surface area contributed by atoms with Gasteiger partial charge >= 0.3 is 0 Å². The fourth-order valence-corrected chi connectivity index (χ4v) is 2.04. The van der Waals surface area contributed by atoms with Crippen LogP contribution in [0.5, 0.6) is 5.75 Å². The lowest BCUT2D eigenvalue weighted by molar-refractivity contribution is 0.102. The van der Waals surface area contributed by atoms with Gasteiger partial charge in [-0.1, -0.05) is 15.9 Å². The quantitative estimate of drug-likeness (QED) is 0.866. The van der Waals surface area contributed by atoms with Crippen LogP contribution in [0.1, 0.15) is 17.4 Å². The SMILES string of the molecule is CCNc1cnc(C(=O)Nc2cc(Br)ccc2OC)cn1. The summed E-state index contributed by atoms with van der Waals surface area (Å²) in [5.41, 5.74) is 0.799. The smallest absolute Gasteiger partial charge is 0.275 e. The molecule has 0 aliphatic rings. The number of nitrogens with one attached hydrogen (secondary N) is 2. The number of ether oxygens (including phenoxy) is 1.